The lowest BCUT2D eigenvalue weighted by Gasteiger charge is -2.29. The first-order valence-electron chi connectivity index (χ1n) is 7.85. The molecule has 2 rings (SSSR count). The Morgan fingerprint density at radius 3 is 2.70 bits per heavy atom. The van der Waals surface area contributed by atoms with Gasteiger partial charge in [0.25, 0.3) is 0 Å². The Hall–Kier alpha value is -1.60. The largest absolute Gasteiger partial charge is 0.325 e. The van der Waals surface area contributed by atoms with E-state index in [9.17, 15) is 13.2 Å². The lowest BCUT2D eigenvalue weighted by Crippen LogP contribution is -2.37. The number of benzene rings is 1. The molecule has 0 spiro atoms. The van der Waals surface area contributed by atoms with E-state index < -0.39 is 16.1 Å². The fraction of sp³-hybridized carbons (Fsp3) is 0.562. The van der Waals surface area contributed by atoms with Crippen molar-refractivity contribution < 1.29 is 13.2 Å². The molecule has 0 fully saturated rings. The molecule has 1 atom stereocenters. The summed E-state index contributed by atoms with van der Waals surface area (Å²) in [6.07, 6.45) is 3.44. The standard InChI is InChI=1S/C16H25N3O3S/c1-11(2)9-14(17)16(20)18-13-7-6-12-5-4-8-19(15(12)10-13)23(3,21)22/h6-7,10-11,14H,4-5,8-9,17H2,1-3H3,(H,18,20)/t14-/m0/s1. The molecule has 0 saturated carbocycles. The molecule has 23 heavy (non-hydrogen) atoms. The fourth-order valence-electron chi connectivity index (χ4n) is 2.81. The second-order valence-electron chi connectivity index (χ2n) is 6.51. The van der Waals surface area contributed by atoms with Crippen LogP contribution >= 0.6 is 0 Å². The smallest absolute Gasteiger partial charge is 0.241 e. The lowest BCUT2D eigenvalue weighted by atomic mass is 10.0. The maximum atomic E-state index is 12.1. The number of hydrogen-bond donors (Lipinski definition) is 2. The van der Waals surface area contributed by atoms with Crippen LogP contribution in [0.2, 0.25) is 0 Å². The number of rotatable bonds is 5. The minimum absolute atomic E-state index is 0.250. The van der Waals surface area contributed by atoms with Gasteiger partial charge < -0.3 is 11.1 Å². The van der Waals surface area contributed by atoms with E-state index in [0.717, 1.165) is 18.4 Å². The number of sulfonamides is 1. The number of nitrogens with two attached hydrogens (primary N) is 1. The van der Waals surface area contributed by atoms with Gasteiger partial charge in [0.2, 0.25) is 15.9 Å². The molecule has 1 heterocycles. The van der Waals surface area contributed by atoms with Gasteiger partial charge in [0, 0.05) is 12.2 Å². The molecule has 7 heteroatoms. The molecule has 0 radical (unpaired) electrons. The van der Waals surface area contributed by atoms with Crippen molar-refractivity contribution in [2.24, 2.45) is 11.7 Å². The maximum absolute atomic E-state index is 12.1. The van der Waals surface area contributed by atoms with Crippen molar-refractivity contribution in [2.45, 2.75) is 39.2 Å². The zero-order valence-electron chi connectivity index (χ0n) is 13.9. The second-order valence-corrected chi connectivity index (χ2v) is 8.41. The molecule has 1 aromatic carbocycles. The minimum atomic E-state index is -3.32. The van der Waals surface area contributed by atoms with E-state index in [1.54, 1.807) is 12.1 Å². The topological polar surface area (TPSA) is 92.5 Å². The van der Waals surface area contributed by atoms with Crippen LogP contribution in [0.5, 0.6) is 0 Å². The maximum Gasteiger partial charge on any atom is 0.241 e. The first-order chi connectivity index (χ1) is 10.7. The van der Waals surface area contributed by atoms with Crippen molar-refractivity contribution in [3.05, 3.63) is 23.8 Å². The van der Waals surface area contributed by atoms with Crippen LogP contribution in [0.1, 0.15) is 32.3 Å². The average molecular weight is 339 g/mol. The molecule has 6 nitrogen and oxygen atoms in total. The predicted octanol–water partition coefficient (Wildman–Crippen LogP) is 1.71. The predicted molar refractivity (Wildman–Crippen MR) is 93.0 cm³/mol. The summed E-state index contributed by atoms with van der Waals surface area (Å²) in [5.74, 6) is 0.0837. The highest BCUT2D eigenvalue weighted by molar-refractivity contribution is 7.92. The normalized spacial score (nSPS) is 16.1. The summed E-state index contributed by atoms with van der Waals surface area (Å²) in [4.78, 5) is 12.1. The molecule has 0 aromatic heterocycles. The van der Waals surface area contributed by atoms with Gasteiger partial charge in [-0.05, 0) is 42.9 Å². The number of fused-ring (bicyclic) bond motifs is 1. The van der Waals surface area contributed by atoms with Crippen LogP contribution in [0.3, 0.4) is 0 Å². The van der Waals surface area contributed by atoms with Gasteiger partial charge in [-0.15, -0.1) is 0 Å². The van der Waals surface area contributed by atoms with Crippen LogP contribution in [0, 0.1) is 5.92 Å². The van der Waals surface area contributed by atoms with E-state index in [1.165, 1.54) is 10.6 Å². The monoisotopic (exact) mass is 339 g/mol. The van der Waals surface area contributed by atoms with Gasteiger partial charge in [0.15, 0.2) is 0 Å². The Balaban J connectivity index is 2.21. The van der Waals surface area contributed by atoms with Gasteiger partial charge in [-0.25, -0.2) is 8.42 Å². The highest BCUT2D eigenvalue weighted by atomic mass is 32.2. The van der Waals surface area contributed by atoms with E-state index in [2.05, 4.69) is 5.32 Å². The van der Waals surface area contributed by atoms with Gasteiger partial charge in [-0.3, -0.25) is 9.10 Å². The summed E-state index contributed by atoms with van der Waals surface area (Å²) in [6, 6.07) is 4.81. The molecule has 0 saturated heterocycles. The Morgan fingerprint density at radius 2 is 2.09 bits per heavy atom. The van der Waals surface area contributed by atoms with Crippen LogP contribution in [-0.2, 0) is 21.2 Å². The zero-order valence-corrected chi connectivity index (χ0v) is 14.7. The molecule has 3 N–H and O–H groups in total. The van der Waals surface area contributed by atoms with E-state index >= 15 is 0 Å². The zero-order chi connectivity index (χ0) is 17.2. The first kappa shape index (κ1) is 17.7. The number of anilines is 2. The number of aryl methyl sites for hydroxylation is 1. The third-order valence-electron chi connectivity index (χ3n) is 3.89. The number of carbonyl (C=O) groups excluding carboxylic acids is 1. The van der Waals surface area contributed by atoms with Crippen LogP contribution in [0.15, 0.2) is 18.2 Å². The first-order valence-corrected chi connectivity index (χ1v) is 9.70. The van der Waals surface area contributed by atoms with Gasteiger partial charge in [0.05, 0.1) is 18.0 Å². The summed E-state index contributed by atoms with van der Waals surface area (Å²) in [6.45, 7) is 4.49. The van der Waals surface area contributed by atoms with Crippen molar-refractivity contribution in [1.29, 1.82) is 0 Å². The minimum Gasteiger partial charge on any atom is -0.325 e. The number of hydrogen-bond acceptors (Lipinski definition) is 4. The van der Waals surface area contributed by atoms with Crippen LogP contribution in [0.25, 0.3) is 0 Å². The third kappa shape index (κ3) is 4.45. The van der Waals surface area contributed by atoms with Crippen LogP contribution in [-0.4, -0.2) is 33.2 Å². The molecule has 1 amide bonds. The Labute approximate surface area is 138 Å². The van der Waals surface area contributed by atoms with Gasteiger partial charge in [-0.2, -0.15) is 0 Å². The number of amides is 1. The van der Waals surface area contributed by atoms with Crippen LogP contribution < -0.4 is 15.4 Å². The highest BCUT2D eigenvalue weighted by Crippen LogP contribution is 2.31. The van der Waals surface area contributed by atoms with E-state index in [1.807, 2.05) is 19.9 Å². The molecule has 128 valence electrons. The van der Waals surface area contributed by atoms with Crippen molar-refractivity contribution in [3.63, 3.8) is 0 Å². The summed E-state index contributed by atoms with van der Waals surface area (Å²) in [5, 5.41) is 2.78. The Kier molecular flexibility index (Phi) is 5.31. The summed E-state index contributed by atoms with van der Waals surface area (Å²) in [7, 11) is -3.32. The molecule has 0 bridgehead atoms. The van der Waals surface area contributed by atoms with Crippen molar-refractivity contribution in [3.8, 4) is 0 Å². The second kappa shape index (κ2) is 6.88. The molecular weight excluding hydrogens is 314 g/mol. The highest BCUT2D eigenvalue weighted by Gasteiger charge is 2.24. The van der Waals surface area contributed by atoms with E-state index in [-0.39, 0.29) is 5.91 Å². The Bertz CT molecular complexity index is 686. The van der Waals surface area contributed by atoms with Crippen molar-refractivity contribution in [2.75, 3.05) is 22.4 Å². The number of nitrogens with one attached hydrogen (secondary N) is 1. The number of carbonyl (C=O) groups is 1. The Morgan fingerprint density at radius 1 is 1.39 bits per heavy atom. The van der Waals surface area contributed by atoms with Crippen LogP contribution in [0.4, 0.5) is 11.4 Å². The van der Waals surface area contributed by atoms with Gasteiger partial charge >= 0.3 is 0 Å². The summed E-state index contributed by atoms with van der Waals surface area (Å²) >= 11 is 0. The SMILES string of the molecule is CC(C)C[C@H](N)C(=O)Nc1ccc2c(c1)N(S(C)(=O)=O)CCC2. The van der Waals surface area contributed by atoms with Gasteiger partial charge in [0.1, 0.15) is 0 Å². The van der Waals surface area contributed by atoms with E-state index in [4.69, 9.17) is 5.73 Å². The lowest BCUT2D eigenvalue weighted by molar-refractivity contribution is -0.117. The average Bonchev–Trinajstić information content (AvgIpc) is 2.44. The molecule has 0 unspecified atom stereocenters. The van der Waals surface area contributed by atoms with Gasteiger partial charge in [-0.1, -0.05) is 19.9 Å². The van der Waals surface area contributed by atoms with Crippen molar-refractivity contribution in [1.82, 2.24) is 0 Å². The number of nitrogens with zero attached hydrogens (tertiary/aromatic N) is 1. The summed E-state index contributed by atoms with van der Waals surface area (Å²) < 4.78 is 25.3. The summed E-state index contributed by atoms with van der Waals surface area (Å²) in [5.41, 5.74) is 8.08. The quantitative estimate of drug-likeness (QED) is 0.854. The fourth-order valence-corrected chi connectivity index (χ4v) is 3.80. The molecular formula is C16H25N3O3S. The molecule has 0 aliphatic carbocycles. The third-order valence-corrected chi connectivity index (χ3v) is 5.07. The molecule has 1 aromatic rings. The molecule has 1 aliphatic rings. The van der Waals surface area contributed by atoms with Crippen molar-refractivity contribution >= 4 is 27.3 Å². The molecule has 1 aliphatic heterocycles. The van der Waals surface area contributed by atoms with E-state index in [0.29, 0.717) is 30.3 Å².